The molecule has 0 radical (unpaired) electrons. The van der Waals surface area contributed by atoms with Gasteiger partial charge >= 0.3 is 0 Å². The van der Waals surface area contributed by atoms with Crippen molar-refractivity contribution >= 4 is 26.0 Å². The molecule has 0 aromatic heterocycles. The van der Waals surface area contributed by atoms with Gasteiger partial charge in [0.1, 0.15) is 0 Å². The molecule has 0 saturated carbocycles. The van der Waals surface area contributed by atoms with Gasteiger partial charge in [0, 0.05) is 32.2 Å². The zero-order chi connectivity index (χ0) is 12.3. The molecule has 0 bridgehead atoms. The van der Waals surface area contributed by atoms with Crippen molar-refractivity contribution < 1.29 is 17.9 Å². The Morgan fingerprint density at radius 1 is 1.19 bits per heavy atom. The fraction of sp³-hybridized carbons (Fsp3) is 1.00. The van der Waals surface area contributed by atoms with E-state index in [0.717, 1.165) is 5.33 Å². The van der Waals surface area contributed by atoms with E-state index in [1.807, 2.05) is 0 Å². The highest BCUT2D eigenvalue weighted by atomic mass is 79.9. The minimum atomic E-state index is -3.14. The van der Waals surface area contributed by atoms with Gasteiger partial charge in [0.2, 0.25) is 10.0 Å². The molecule has 0 aliphatic rings. The predicted octanol–water partition coefficient (Wildman–Crippen LogP) is 0.744. The van der Waals surface area contributed by atoms with Gasteiger partial charge in [-0.2, -0.15) is 0 Å². The number of methoxy groups -OCH3 is 1. The molecule has 0 aliphatic heterocycles. The van der Waals surface area contributed by atoms with Gasteiger partial charge in [-0.3, -0.25) is 0 Å². The molecule has 0 aromatic rings. The third kappa shape index (κ3) is 10.8. The maximum Gasteiger partial charge on any atom is 0.211 e. The van der Waals surface area contributed by atoms with Crippen molar-refractivity contribution in [2.24, 2.45) is 0 Å². The lowest BCUT2D eigenvalue weighted by Gasteiger charge is -2.06. The molecule has 0 rings (SSSR count). The summed E-state index contributed by atoms with van der Waals surface area (Å²) in [7, 11) is -1.58. The van der Waals surface area contributed by atoms with Gasteiger partial charge in [0.25, 0.3) is 0 Å². The predicted molar refractivity (Wildman–Crippen MR) is 67.5 cm³/mol. The van der Waals surface area contributed by atoms with Crippen LogP contribution >= 0.6 is 15.9 Å². The van der Waals surface area contributed by atoms with Crippen molar-refractivity contribution in [3.8, 4) is 0 Å². The molecule has 0 saturated heterocycles. The molecule has 0 spiro atoms. The summed E-state index contributed by atoms with van der Waals surface area (Å²) < 4.78 is 35.3. The second-order valence-electron chi connectivity index (χ2n) is 3.21. The van der Waals surface area contributed by atoms with Crippen molar-refractivity contribution in [1.82, 2.24) is 4.72 Å². The fourth-order valence-corrected chi connectivity index (χ4v) is 2.35. The van der Waals surface area contributed by atoms with Crippen molar-refractivity contribution in [2.75, 3.05) is 44.6 Å². The lowest BCUT2D eigenvalue weighted by molar-refractivity contribution is 0.149. The Bertz CT molecular complexity index is 246. The first-order valence-corrected chi connectivity index (χ1v) is 7.99. The van der Waals surface area contributed by atoms with E-state index >= 15 is 0 Å². The number of nitrogens with one attached hydrogen (secondary N) is 1. The minimum absolute atomic E-state index is 0.114. The summed E-state index contributed by atoms with van der Waals surface area (Å²) in [5.74, 6) is 0.114. The van der Waals surface area contributed by atoms with Crippen molar-refractivity contribution in [3.63, 3.8) is 0 Å². The van der Waals surface area contributed by atoms with Gasteiger partial charge in [-0.05, 0) is 12.8 Å². The highest BCUT2D eigenvalue weighted by Crippen LogP contribution is 1.91. The SMILES string of the molecule is COCCCS(=O)(=O)NCCCOCCBr. The Labute approximate surface area is 106 Å². The number of alkyl halides is 1. The van der Waals surface area contributed by atoms with E-state index in [2.05, 4.69) is 20.7 Å². The molecule has 0 unspecified atom stereocenters. The van der Waals surface area contributed by atoms with Gasteiger partial charge in [0.05, 0.1) is 12.4 Å². The summed E-state index contributed by atoms with van der Waals surface area (Å²) >= 11 is 3.24. The average Bonchev–Trinajstić information content (AvgIpc) is 2.23. The third-order valence-electron chi connectivity index (χ3n) is 1.77. The average molecular weight is 318 g/mol. The van der Waals surface area contributed by atoms with E-state index in [0.29, 0.717) is 39.2 Å². The first-order chi connectivity index (χ1) is 7.62. The Morgan fingerprint density at radius 2 is 1.94 bits per heavy atom. The first kappa shape index (κ1) is 16.3. The van der Waals surface area contributed by atoms with Gasteiger partial charge < -0.3 is 9.47 Å². The molecular formula is C9H20BrNO4S. The maximum absolute atomic E-state index is 11.4. The van der Waals surface area contributed by atoms with E-state index in [-0.39, 0.29) is 5.75 Å². The maximum atomic E-state index is 11.4. The van der Waals surface area contributed by atoms with Crippen LogP contribution < -0.4 is 4.72 Å². The molecule has 98 valence electrons. The van der Waals surface area contributed by atoms with Crippen LogP contribution in [0.25, 0.3) is 0 Å². The van der Waals surface area contributed by atoms with E-state index in [1.54, 1.807) is 7.11 Å². The Kier molecular flexibility index (Phi) is 10.7. The summed E-state index contributed by atoms with van der Waals surface area (Å²) in [6, 6.07) is 0. The number of hydrogen-bond donors (Lipinski definition) is 1. The van der Waals surface area contributed by atoms with Crippen LogP contribution in [0.1, 0.15) is 12.8 Å². The van der Waals surface area contributed by atoms with Crippen LogP contribution in [0.15, 0.2) is 0 Å². The summed E-state index contributed by atoms with van der Waals surface area (Å²) in [4.78, 5) is 0. The summed E-state index contributed by atoms with van der Waals surface area (Å²) in [6.45, 7) is 2.12. The standard InChI is InChI=1S/C9H20BrNO4S/c1-14-6-3-9-16(12,13)11-5-2-7-15-8-4-10/h11H,2-9H2,1H3. The zero-order valence-electron chi connectivity index (χ0n) is 9.58. The van der Waals surface area contributed by atoms with Gasteiger partial charge in [0.15, 0.2) is 0 Å². The number of hydrogen-bond acceptors (Lipinski definition) is 4. The van der Waals surface area contributed by atoms with Crippen molar-refractivity contribution in [2.45, 2.75) is 12.8 Å². The molecule has 0 amide bonds. The van der Waals surface area contributed by atoms with E-state index < -0.39 is 10.0 Å². The second-order valence-corrected chi connectivity index (χ2v) is 5.93. The molecule has 0 atom stereocenters. The quantitative estimate of drug-likeness (QED) is 0.451. The van der Waals surface area contributed by atoms with E-state index in [9.17, 15) is 8.42 Å². The third-order valence-corrected chi connectivity index (χ3v) is 3.56. The topological polar surface area (TPSA) is 64.6 Å². The summed E-state index contributed by atoms with van der Waals surface area (Å²) in [6.07, 6.45) is 1.21. The lowest BCUT2D eigenvalue weighted by Crippen LogP contribution is -2.28. The molecule has 1 N–H and O–H groups in total. The van der Waals surface area contributed by atoms with E-state index in [4.69, 9.17) is 9.47 Å². The Hall–Kier alpha value is 0.310. The second kappa shape index (κ2) is 10.5. The molecule has 0 fully saturated rings. The molecule has 5 nitrogen and oxygen atoms in total. The number of halogens is 1. The normalized spacial score (nSPS) is 11.9. The smallest absolute Gasteiger partial charge is 0.211 e. The zero-order valence-corrected chi connectivity index (χ0v) is 12.0. The molecule has 0 aromatic carbocycles. The summed E-state index contributed by atoms with van der Waals surface area (Å²) in [5.41, 5.74) is 0. The van der Waals surface area contributed by atoms with Crippen LogP contribution in [0.2, 0.25) is 0 Å². The minimum Gasteiger partial charge on any atom is -0.385 e. The number of ether oxygens (including phenoxy) is 2. The van der Waals surface area contributed by atoms with Gasteiger partial charge in [-0.15, -0.1) is 0 Å². The van der Waals surface area contributed by atoms with Crippen molar-refractivity contribution in [3.05, 3.63) is 0 Å². The highest BCUT2D eigenvalue weighted by molar-refractivity contribution is 9.09. The number of sulfonamides is 1. The van der Waals surface area contributed by atoms with Crippen LogP contribution in [0.4, 0.5) is 0 Å². The number of rotatable bonds is 11. The summed E-state index contributed by atoms with van der Waals surface area (Å²) in [5, 5.41) is 0.801. The van der Waals surface area contributed by atoms with Gasteiger partial charge in [-0.25, -0.2) is 13.1 Å². The molecule has 0 aliphatic carbocycles. The van der Waals surface area contributed by atoms with Crippen molar-refractivity contribution in [1.29, 1.82) is 0 Å². The highest BCUT2D eigenvalue weighted by Gasteiger charge is 2.08. The lowest BCUT2D eigenvalue weighted by atomic mass is 10.5. The fourth-order valence-electron chi connectivity index (χ4n) is 1.02. The van der Waals surface area contributed by atoms with Crippen LogP contribution in [0.5, 0.6) is 0 Å². The van der Waals surface area contributed by atoms with Crippen LogP contribution in [0.3, 0.4) is 0 Å². The van der Waals surface area contributed by atoms with E-state index in [1.165, 1.54) is 0 Å². The molecule has 16 heavy (non-hydrogen) atoms. The largest absolute Gasteiger partial charge is 0.385 e. The molecule has 7 heteroatoms. The van der Waals surface area contributed by atoms with Crippen LogP contribution in [-0.2, 0) is 19.5 Å². The Balaban J connectivity index is 3.43. The Morgan fingerprint density at radius 3 is 2.56 bits per heavy atom. The first-order valence-electron chi connectivity index (χ1n) is 5.22. The van der Waals surface area contributed by atoms with Crippen LogP contribution in [0, 0.1) is 0 Å². The monoisotopic (exact) mass is 317 g/mol. The van der Waals surface area contributed by atoms with Crippen LogP contribution in [-0.4, -0.2) is 53.0 Å². The molecule has 0 heterocycles. The molecular weight excluding hydrogens is 298 g/mol. The van der Waals surface area contributed by atoms with Gasteiger partial charge in [-0.1, -0.05) is 15.9 Å².